The van der Waals surface area contributed by atoms with Gasteiger partial charge in [-0.25, -0.2) is 12.8 Å². The second-order valence-corrected chi connectivity index (χ2v) is 9.96. The van der Waals surface area contributed by atoms with Crippen LogP contribution < -0.4 is 9.62 Å². The molecule has 1 N–H and O–H groups in total. The Morgan fingerprint density at radius 2 is 1.54 bits per heavy atom. The smallest absolute Gasteiger partial charge is 0.264 e. The van der Waals surface area contributed by atoms with Crippen LogP contribution in [-0.2, 0) is 26.2 Å². The minimum atomic E-state index is -4.16. The molecule has 1 atom stereocenters. The summed E-state index contributed by atoms with van der Waals surface area (Å²) >= 11 is 0. The summed E-state index contributed by atoms with van der Waals surface area (Å²) in [6.45, 7) is 3.06. The van der Waals surface area contributed by atoms with Gasteiger partial charge in [-0.15, -0.1) is 0 Å². The fourth-order valence-electron chi connectivity index (χ4n) is 3.54. The molecule has 0 saturated carbocycles. The predicted octanol–water partition coefficient (Wildman–Crippen LogP) is 3.49. The lowest BCUT2D eigenvalue weighted by atomic mass is 10.1. The largest absolute Gasteiger partial charge is 0.357 e. The number of sulfonamides is 1. The van der Waals surface area contributed by atoms with E-state index in [9.17, 15) is 22.4 Å². The summed E-state index contributed by atoms with van der Waals surface area (Å²) in [4.78, 5) is 27.3. The molecule has 7 nitrogen and oxygen atoms in total. The van der Waals surface area contributed by atoms with Crippen LogP contribution in [0.25, 0.3) is 0 Å². The number of halogens is 1. The molecule has 0 aliphatic carbocycles. The molecule has 0 bridgehead atoms. The van der Waals surface area contributed by atoms with Gasteiger partial charge in [-0.05, 0) is 55.8 Å². The highest BCUT2D eigenvalue weighted by Gasteiger charge is 2.32. The third-order valence-corrected chi connectivity index (χ3v) is 7.40. The summed E-state index contributed by atoms with van der Waals surface area (Å²) < 4.78 is 41.5. The minimum Gasteiger partial charge on any atom is -0.357 e. The topological polar surface area (TPSA) is 86.8 Å². The number of rotatable bonds is 9. The van der Waals surface area contributed by atoms with Crippen LogP contribution in [0.1, 0.15) is 18.1 Å². The number of carbonyl (C=O) groups excluding carboxylic acids is 2. The van der Waals surface area contributed by atoms with Gasteiger partial charge in [0.15, 0.2) is 0 Å². The fraction of sp³-hybridized carbons (Fsp3) is 0.231. The monoisotopic (exact) mass is 497 g/mol. The third-order valence-electron chi connectivity index (χ3n) is 5.61. The number of aryl methyl sites for hydroxylation is 1. The summed E-state index contributed by atoms with van der Waals surface area (Å²) in [6, 6.07) is 19.2. The van der Waals surface area contributed by atoms with E-state index >= 15 is 0 Å². The van der Waals surface area contributed by atoms with E-state index in [0.717, 1.165) is 27.6 Å². The average molecular weight is 498 g/mol. The van der Waals surface area contributed by atoms with Crippen LogP contribution in [0.15, 0.2) is 83.8 Å². The number of anilines is 1. The first-order valence-electron chi connectivity index (χ1n) is 11.0. The lowest BCUT2D eigenvalue weighted by Gasteiger charge is -2.31. The first kappa shape index (κ1) is 25.9. The first-order valence-corrected chi connectivity index (χ1v) is 12.5. The van der Waals surface area contributed by atoms with Gasteiger partial charge in [-0.1, -0.05) is 48.0 Å². The van der Waals surface area contributed by atoms with Crippen molar-refractivity contribution in [3.8, 4) is 0 Å². The zero-order chi connectivity index (χ0) is 25.6. The maximum absolute atomic E-state index is 13.6. The van der Waals surface area contributed by atoms with Gasteiger partial charge in [-0.2, -0.15) is 0 Å². The van der Waals surface area contributed by atoms with Crippen molar-refractivity contribution in [2.75, 3.05) is 17.9 Å². The number of hydrogen-bond acceptors (Lipinski definition) is 4. The van der Waals surface area contributed by atoms with Crippen molar-refractivity contribution in [2.24, 2.45) is 0 Å². The molecular formula is C26H28FN3O4S. The van der Waals surface area contributed by atoms with E-state index in [0.29, 0.717) is 0 Å². The van der Waals surface area contributed by atoms with Gasteiger partial charge in [0.05, 0.1) is 10.6 Å². The van der Waals surface area contributed by atoms with Crippen molar-refractivity contribution in [3.63, 3.8) is 0 Å². The Labute approximate surface area is 205 Å². The van der Waals surface area contributed by atoms with E-state index in [4.69, 9.17) is 0 Å². The summed E-state index contributed by atoms with van der Waals surface area (Å²) in [5.74, 6) is -1.50. The maximum atomic E-state index is 13.6. The number of benzene rings is 3. The highest BCUT2D eigenvalue weighted by Crippen LogP contribution is 2.25. The second-order valence-electron chi connectivity index (χ2n) is 8.10. The molecule has 0 spiro atoms. The van der Waals surface area contributed by atoms with Crippen molar-refractivity contribution in [3.05, 3.63) is 95.8 Å². The van der Waals surface area contributed by atoms with Crippen molar-refractivity contribution in [1.82, 2.24) is 10.2 Å². The molecule has 0 saturated heterocycles. The van der Waals surface area contributed by atoms with Crippen molar-refractivity contribution in [1.29, 1.82) is 0 Å². The molecular weight excluding hydrogens is 469 g/mol. The standard InChI is InChI=1S/C26H28FN3O4S/c1-19-9-11-21(12-10-19)17-29(20(2)26(32)28-3)25(31)18-30(23-15-13-22(27)14-16-23)35(33,34)24-7-5-4-6-8-24/h4-16,20H,17-18H2,1-3H3,(H,28,32)/t20-/m1/s1. The summed E-state index contributed by atoms with van der Waals surface area (Å²) in [5, 5.41) is 2.54. The van der Waals surface area contributed by atoms with Gasteiger partial charge in [-0.3, -0.25) is 13.9 Å². The third kappa shape index (κ3) is 6.24. The van der Waals surface area contributed by atoms with Crippen molar-refractivity contribution in [2.45, 2.75) is 31.3 Å². The molecule has 0 aliphatic rings. The Bertz CT molecular complexity index is 1260. The molecule has 3 aromatic rings. The number of carbonyl (C=O) groups is 2. The molecule has 184 valence electrons. The number of hydrogen-bond donors (Lipinski definition) is 1. The Kier molecular flexibility index (Phi) is 8.24. The number of nitrogens with zero attached hydrogens (tertiary/aromatic N) is 2. The number of amides is 2. The van der Waals surface area contributed by atoms with E-state index in [1.807, 2.05) is 31.2 Å². The Hall–Kier alpha value is -3.72. The molecule has 0 unspecified atom stereocenters. The summed E-state index contributed by atoms with van der Waals surface area (Å²) in [7, 11) is -2.69. The molecule has 3 rings (SSSR count). The highest BCUT2D eigenvalue weighted by atomic mass is 32.2. The SMILES string of the molecule is CNC(=O)[C@@H](C)N(Cc1ccc(C)cc1)C(=O)CN(c1ccc(F)cc1)S(=O)(=O)c1ccccc1. The molecule has 0 heterocycles. The molecule has 0 radical (unpaired) electrons. The van der Waals surface area contributed by atoms with Crippen LogP contribution in [0.3, 0.4) is 0 Å². The zero-order valence-corrected chi connectivity index (χ0v) is 20.6. The van der Waals surface area contributed by atoms with Gasteiger partial charge in [0.2, 0.25) is 11.8 Å². The Balaban J connectivity index is 2.00. The molecule has 3 aromatic carbocycles. The van der Waals surface area contributed by atoms with Gasteiger partial charge in [0.1, 0.15) is 18.4 Å². The number of nitrogens with one attached hydrogen (secondary N) is 1. The van der Waals surface area contributed by atoms with E-state index in [1.165, 1.54) is 36.2 Å². The van der Waals surface area contributed by atoms with Crippen LogP contribution in [0, 0.1) is 12.7 Å². The van der Waals surface area contributed by atoms with Crippen molar-refractivity contribution < 1.29 is 22.4 Å². The van der Waals surface area contributed by atoms with Gasteiger partial charge in [0.25, 0.3) is 10.0 Å². The molecule has 0 fully saturated rings. The Morgan fingerprint density at radius 1 is 0.943 bits per heavy atom. The van der Waals surface area contributed by atoms with Crippen LogP contribution >= 0.6 is 0 Å². The number of likely N-dealkylation sites (N-methyl/N-ethyl adjacent to an activating group) is 1. The highest BCUT2D eigenvalue weighted by molar-refractivity contribution is 7.92. The van der Waals surface area contributed by atoms with E-state index in [1.54, 1.807) is 25.1 Å². The van der Waals surface area contributed by atoms with Crippen molar-refractivity contribution >= 4 is 27.5 Å². The van der Waals surface area contributed by atoms with Crippen LogP contribution in [0.4, 0.5) is 10.1 Å². The Morgan fingerprint density at radius 3 is 2.11 bits per heavy atom. The average Bonchev–Trinajstić information content (AvgIpc) is 2.87. The molecule has 9 heteroatoms. The van der Waals surface area contributed by atoms with Crippen LogP contribution in [-0.4, -0.2) is 44.8 Å². The zero-order valence-electron chi connectivity index (χ0n) is 19.8. The normalized spacial score (nSPS) is 12.0. The molecule has 0 aromatic heterocycles. The lowest BCUT2D eigenvalue weighted by molar-refractivity contribution is -0.139. The summed E-state index contributed by atoms with van der Waals surface area (Å²) in [5.41, 5.74) is 1.97. The fourth-order valence-corrected chi connectivity index (χ4v) is 4.97. The first-order chi connectivity index (χ1) is 16.6. The molecule has 0 aliphatic heterocycles. The van der Waals surface area contributed by atoms with E-state index in [-0.39, 0.29) is 23.0 Å². The molecule has 2 amide bonds. The summed E-state index contributed by atoms with van der Waals surface area (Å²) in [6.07, 6.45) is 0. The van der Waals surface area contributed by atoms with Gasteiger partial charge < -0.3 is 10.2 Å². The maximum Gasteiger partial charge on any atom is 0.264 e. The van der Waals surface area contributed by atoms with E-state index in [2.05, 4.69) is 5.32 Å². The van der Waals surface area contributed by atoms with Gasteiger partial charge >= 0.3 is 0 Å². The second kappa shape index (κ2) is 11.1. The predicted molar refractivity (Wildman–Crippen MR) is 133 cm³/mol. The quantitative estimate of drug-likeness (QED) is 0.490. The van der Waals surface area contributed by atoms with Crippen LogP contribution in [0.5, 0.6) is 0 Å². The lowest BCUT2D eigenvalue weighted by Crippen LogP contribution is -2.50. The van der Waals surface area contributed by atoms with Gasteiger partial charge in [0, 0.05) is 13.6 Å². The minimum absolute atomic E-state index is 0.0124. The molecule has 35 heavy (non-hydrogen) atoms. The van der Waals surface area contributed by atoms with Crippen LogP contribution in [0.2, 0.25) is 0 Å². The van der Waals surface area contributed by atoms with E-state index < -0.39 is 34.3 Å².